The summed E-state index contributed by atoms with van der Waals surface area (Å²) in [4.78, 5) is 8.15. The van der Waals surface area contributed by atoms with Crippen molar-refractivity contribution < 1.29 is 8.42 Å². The van der Waals surface area contributed by atoms with Crippen LogP contribution in [0.2, 0.25) is 0 Å². The van der Waals surface area contributed by atoms with E-state index in [0.29, 0.717) is 19.6 Å². The minimum Gasteiger partial charge on any atom is -0.313 e. The van der Waals surface area contributed by atoms with Crippen LogP contribution in [0, 0.1) is 0 Å². The largest absolute Gasteiger partial charge is 0.313 e. The lowest BCUT2D eigenvalue weighted by atomic mass is 10.2. The maximum atomic E-state index is 12.5. The van der Waals surface area contributed by atoms with Crippen molar-refractivity contribution in [3.8, 4) is 0 Å². The average Bonchev–Trinajstić information content (AvgIpc) is 3.11. The van der Waals surface area contributed by atoms with E-state index >= 15 is 0 Å². The number of halogens is 1. The van der Waals surface area contributed by atoms with Gasteiger partial charge in [0.05, 0.1) is 11.4 Å². The molecule has 2 heterocycles. The molecule has 3 rings (SSSR count). The van der Waals surface area contributed by atoms with Crippen molar-refractivity contribution in [2.24, 2.45) is 0 Å². The molecular weight excluding hydrogens is 376 g/mol. The topological polar surface area (TPSA) is 102 Å². The number of nitrogens with one attached hydrogen (secondary N) is 2. The summed E-state index contributed by atoms with van der Waals surface area (Å²) in [5.41, 5.74) is 0. The highest BCUT2D eigenvalue weighted by Crippen LogP contribution is 2.18. The highest BCUT2D eigenvalue weighted by atomic mass is 35.5. The first-order chi connectivity index (χ1) is 12.0. The second-order valence-corrected chi connectivity index (χ2v) is 7.48. The molecular formula is C16H21ClN6O2S. The fourth-order valence-electron chi connectivity index (χ4n) is 2.46. The van der Waals surface area contributed by atoms with E-state index < -0.39 is 10.0 Å². The smallest absolute Gasteiger partial charge is 0.240 e. The van der Waals surface area contributed by atoms with Crippen LogP contribution in [-0.4, -0.2) is 47.3 Å². The number of hydrogen-bond acceptors (Lipinski definition) is 6. The molecule has 3 aromatic rings. The summed E-state index contributed by atoms with van der Waals surface area (Å²) in [6, 6.07) is 6.57. The van der Waals surface area contributed by atoms with Crippen LogP contribution in [0.15, 0.2) is 54.2 Å². The van der Waals surface area contributed by atoms with E-state index in [1.165, 1.54) is 6.33 Å². The monoisotopic (exact) mass is 396 g/mol. The molecule has 0 aliphatic rings. The zero-order chi connectivity index (χ0) is 17.7. The zero-order valence-corrected chi connectivity index (χ0v) is 15.9. The van der Waals surface area contributed by atoms with Crippen molar-refractivity contribution >= 4 is 33.2 Å². The molecule has 0 radical (unpaired) electrons. The van der Waals surface area contributed by atoms with Crippen molar-refractivity contribution in [1.82, 2.24) is 29.8 Å². The summed E-state index contributed by atoms with van der Waals surface area (Å²) in [5.74, 6) is 0. The van der Waals surface area contributed by atoms with Crippen molar-refractivity contribution in [1.29, 1.82) is 0 Å². The molecule has 0 fully saturated rings. The second-order valence-electron chi connectivity index (χ2n) is 5.77. The van der Waals surface area contributed by atoms with Gasteiger partial charge in [-0.2, -0.15) is 5.10 Å². The molecule has 0 bridgehead atoms. The molecule has 0 aliphatic heterocycles. The fraction of sp³-hybridized carbons (Fsp3) is 0.312. The van der Waals surface area contributed by atoms with Gasteiger partial charge in [-0.3, -0.25) is 9.67 Å². The van der Waals surface area contributed by atoms with Crippen LogP contribution < -0.4 is 10.0 Å². The minimum atomic E-state index is -3.57. The minimum absolute atomic E-state index is 0. The summed E-state index contributed by atoms with van der Waals surface area (Å²) >= 11 is 0. The molecule has 0 saturated heterocycles. The van der Waals surface area contributed by atoms with Gasteiger partial charge in [0.2, 0.25) is 10.0 Å². The van der Waals surface area contributed by atoms with Gasteiger partial charge in [0.15, 0.2) is 0 Å². The molecule has 0 amide bonds. The molecule has 8 nitrogen and oxygen atoms in total. The van der Waals surface area contributed by atoms with Gasteiger partial charge in [-0.05, 0) is 30.5 Å². The molecule has 140 valence electrons. The molecule has 0 aliphatic carbocycles. The van der Waals surface area contributed by atoms with E-state index in [1.807, 2.05) is 6.92 Å². The Labute approximate surface area is 158 Å². The highest BCUT2D eigenvalue weighted by Gasteiger charge is 2.17. The van der Waals surface area contributed by atoms with E-state index in [2.05, 4.69) is 25.1 Å². The number of rotatable bonds is 8. The summed E-state index contributed by atoms with van der Waals surface area (Å²) in [6.45, 7) is 3.70. The standard InChI is InChI=1S/C16H20N6O2S.ClH/c1-13(9-18-6-7-22-12-19-11-20-22)21-25(23,24)16-3-2-15-10-17-5-4-14(15)8-16;/h2-5,8,10-13,18,21H,6-7,9H2,1H3;1H/t13-;/m1./s1. The summed E-state index contributed by atoms with van der Waals surface area (Å²) in [6.07, 6.45) is 6.48. The van der Waals surface area contributed by atoms with Crippen molar-refractivity contribution in [3.63, 3.8) is 0 Å². The van der Waals surface area contributed by atoms with Crippen molar-refractivity contribution in [3.05, 3.63) is 49.3 Å². The van der Waals surface area contributed by atoms with Crippen LogP contribution >= 0.6 is 12.4 Å². The average molecular weight is 397 g/mol. The van der Waals surface area contributed by atoms with Crippen LogP contribution in [0.3, 0.4) is 0 Å². The molecule has 0 spiro atoms. The van der Waals surface area contributed by atoms with Crippen LogP contribution in [0.4, 0.5) is 0 Å². The second kappa shape index (κ2) is 9.04. The SMILES string of the molecule is C[C@H](CNCCn1cncn1)NS(=O)(=O)c1ccc2cnccc2c1.Cl. The van der Waals surface area contributed by atoms with Crippen molar-refractivity contribution in [2.75, 3.05) is 13.1 Å². The molecule has 2 aromatic heterocycles. The molecule has 10 heteroatoms. The molecule has 0 unspecified atom stereocenters. The fourth-order valence-corrected chi connectivity index (χ4v) is 3.74. The van der Waals surface area contributed by atoms with E-state index in [9.17, 15) is 8.42 Å². The Morgan fingerprint density at radius 1 is 1.19 bits per heavy atom. The maximum absolute atomic E-state index is 12.5. The number of hydrogen-bond donors (Lipinski definition) is 2. The van der Waals surface area contributed by atoms with Gasteiger partial charge in [0, 0.05) is 36.9 Å². The molecule has 1 aromatic carbocycles. The lowest BCUT2D eigenvalue weighted by Gasteiger charge is -2.15. The van der Waals surface area contributed by atoms with Crippen LogP contribution in [0.1, 0.15) is 6.92 Å². The normalized spacial score (nSPS) is 12.7. The van der Waals surface area contributed by atoms with Gasteiger partial charge in [0.25, 0.3) is 0 Å². The van der Waals surface area contributed by atoms with Gasteiger partial charge in [-0.15, -0.1) is 12.4 Å². The third-order valence-corrected chi connectivity index (χ3v) is 5.30. The lowest BCUT2D eigenvalue weighted by Crippen LogP contribution is -2.40. The number of sulfonamides is 1. The third-order valence-electron chi connectivity index (χ3n) is 3.71. The Balaban J connectivity index is 0.00000243. The first-order valence-corrected chi connectivity index (χ1v) is 9.42. The Morgan fingerprint density at radius 2 is 2.04 bits per heavy atom. The first-order valence-electron chi connectivity index (χ1n) is 7.94. The number of nitrogens with zero attached hydrogens (tertiary/aromatic N) is 4. The van der Waals surface area contributed by atoms with Gasteiger partial charge in [-0.25, -0.2) is 18.1 Å². The molecule has 0 saturated carbocycles. The first kappa shape index (κ1) is 20.2. The van der Waals surface area contributed by atoms with Crippen LogP contribution in [-0.2, 0) is 16.6 Å². The molecule has 26 heavy (non-hydrogen) atoms. The summed E-state index contributed by atoms with van der Waals surface area (Å²) < 4.78 is 29.5. The Morgan fingerprint density at radius 3 is 2.81 bits per heavy atom. The number of benzene rings is 1. The molecule has 2 N–H and O–H groups in total. The number of aromatic nitrogens is 4. The zero-order valence-electron chi connectivity index (χ0n) is 14.2. The molecule has 1 atom stereocenters. The Hall–Kier alpha value is -2.07. The van der Waals surface area contributed by atoms with Crippen LogP contribution in [0.25, 0.3) is 10.8 Å². The van der Waals surface area contributed by atoms with Gasteiger partial charge in [0.1, 0.15) is 12.7 Å². The number of pyridine rings is 1. The van der Waals surface area contributed by atoms with Crippen molar-refractivity contribution in [2.45, 2.75) is 24.4 Å². The lowest BCUT2D eigenvalue weighted by molar-refractivity contribution is 0.508. The van der Waals surface area contributed by atoms with E-state index in [1.54, 1.807) is 47.7 Å². The number of fused-ring (bicyclic) bond motifs is 1. The predicted octanol–water partition coefficient (Wildman–Crippen LogP) is 1.20. The summed E-state index contributed by atoms with van der Waals surface area (Å²) in [7, 11) is -3.57. The van der Waals surface area contributed by atoms with Crippen LogP contribution in [0.5, 0.6) is 0 Å². The van der Waals surface area contributed by atoms with E-state index in [4.69, 9.17) is 0 Å². The quantitative estimate of drug-likeness (QED) is 0.555. The van der Waals surface area contributed by atoms with E-state index in [0.717, 1.165) is 10.8 Å². The summed E-state index contributed by atoms with van der Waals surface area (Å²) in [5, 5.41) is 8.96. The third kappa shape index (κ3) is 5.21. The predicted molar refractivity (Wildman–Crippen MR) is 102 cm³/mol. The van der Waals surface area contributed by atoms with Gasteiger partial charge >= 0.3 is 0 Å². The Kier molecular flexibility index (Phi) is 7.04. The highest BCUT2D eigenvalue weighted by molar-refractivity contribution is 7.89. The van der Waals surface area contributed by atoms with E-state index in [-0.39, 0.29) is 23.3 Å². The maximum Gasteiger partial charge on any atom is 0.240 e. The van der Waals surface area contributed by atoms with Gasteiger partial charge in [-0.1, -0.05) is 6.07 Å². The Bertz CT molecular complexity index is 933. The van der Waals surface area contributed by atoms with Gasteiger partial charge < -0.3 is 5.32 Å².